The van der Waals surface area contributed by atoms with Gasteiger partial charge in [0.25, 0.3) is 0 Å². The number of carbonyl (C=O) groups is 1. The molecule has 0 saturated carbocycles. The zero-order valence-electron chi connectivity index (χ0n) is 8.94. The maximum Gasteiger partial charge on any atom is 0.353 e. The molecule has 1 aliphatic heterocycles. The lowest BCUT2D eigenvalue weighted by Gasteiger charge is -2.30. The normalized spacial score (nSPS) is 24.6. The predicted molar refractivity (Wildman–Crippen MR) is 50.6 cm³/mol. The first-order valence-corrected chi connectivity index (χ1v) is 4.56. The highest BCUT2D eigenvalue weighted by atomic mass is 16.5. The Labute approximate surface area is 83.3 Å². The fourth-order valence-electron chi connectivity index (χ4n) is 1.66. The van der Waals surface area contributed by atoms with Gasteiger partial charge >= 0.3 is 11.6 Å². The summed E-state index contributed by atoms with van der Waals surface area (Å²) in [5.41, 5.74) is 7.98. The van der Waals surface area contributed by atoms with Gasteiger partial charge in [-0.1, -0.05) is 0 Å². The second-order valence-electron chi connectivity index (χ2n) is 3.97. The molecule has 5 nitrogen and oxygen atoms in total. The van der Waals surface area contributed by atoms with Crippen molar-refractivity contribution in [2.45, 2.75) is 39.5 Å². The minimum Gasteiger partial charge on any atom is -0.361 e. The lowest BCUT2D eigenvalue weighted by molar-refractivity contribution is -0.142. The largest absolute Gasteiger partial charge is 0.361 e. The summed E-state index contributed by atoms with van der Waals surface area (Å²) in [5, 5.41) is 0. The maximum absolute atomic E-state index is 11.8. The van der Waals surface area contributed by atoms with Crippen molar-refractivity contribution in [2.75, 3.05) is 6.61 Å². The first-order chi connectivity index (χ1) is 6.40. The Bertz CT molecular complexity index is 305. The van der Waals surface area contributed by atoms with Crippen molar-refractivity contribution in [3.05, 3.63) is 5.53 Å². The molecule has 1 saturated heterocycles. The van der Waals surface area contributed by atoms with E-state index < -0.39 is 5.72 Å². The molecule has 78 valence electrons. The fraction of sp³-hybridized carbons (Fsp3) is 0.778. The Hall–Kier alpha value is -1.19. The first-order valence-electron chi connectivity index (χ1n) is 4.56. The average Bonchev–Trinajstić information content (AvgIpc) is 2.38. The Morgan fingerprint density at radius 2 is 2.21 bits per heavy atom. The van der Waals surface area contributed by atoms with Gasteiger partial charge in [-0.3, -0.25) is 9.69 Å². The predicted octanol–water partition coefficient (Wildman–Crippen LogP) is 0.661. The second-order valence-corrected chi connectivity index (χ2v) is 3.97. The molecule has 0 radical (unpaired) electrons. The molecule has 1 fully saturated rings. The zero-order valence-corrected chi connectivity index (χ0v) is 8.94. The van der Waals surface area contributed by atoms with Crippen molar-refractivity contribution < 1.29 is 14.3 Å². The molecule has 0 aromatic rings. The van der Waals surface area contributed by atoms with Gasteiger partial charge in [-0.25, -0.2) is 0 Å². The van der Waals surface area contributed by atoms with Crippen LogP contribution in [0.1, 0.15) is 27.7 Å². The van der Waals surface area contributed by atoms with E-state index in [1.165, 1.54) is 6.92 Å². The minimum absolute atomic E-state index is 0.00852. The van der Waals surface area contributed by atoms with Crippen molar-refractivity contribution in [3.8, 4) is 0 Å². The molecular formula is C9H15N3O2. The topological polar surface area (TPSA) is 65.9 Å². The Morgan fingerprint density at radius 1 is 1.64 bits per heavy atom. The van der Waals surface area contributed by atoms with Crippen LogP contribution in [-0.2, 0) is 9.53 Å². The molecular weight excluding hydrogens is 182 g/mol. The van der Waals surface area contributed by atoms with Gasteiger partial charge < -0.3 is 10.3 Å². The lowest BCUT2D eigenvalue weighted by atomic mass is 10.2. The van der Waals surface area contributed by atoms with Crippen LogP contribution in [-0.4, -0.2) is 39.7 Å². The van der Waals surface area contributed by atoms with E-state index in [-0.39, 0.29) is 17.7 Å². The molecule has 14 heavy (non-hydrogen) atoms. The SMILES string of the molecule is CC(=[N+]=[N-])C(=O)N1C(C)COC1(C)C. The summed E-state index contributed by atoms with van der Waals surface area (Å²) >= 11 is 0. The summed E-state index contributed by atoms with van der Waals surface area (Å²) < 4.78 is 5.45. The summed E-state index contributed by atoms with van der Waals surface area (Å²) in [6.45, 7) is 7.52. The lowest BCUT2D eigenvalue weighted by Crippen LogP contribution is -2.49. The Kier molecular flexibility index (Phi) is 2.73. The summed E-state index contributed by atoms with van der Waals surface area (Å²) in [5.74, 6) is -0.289. The van der Waals surface area contributed by atoms with Gasteiger partial charge in [0.05, 0.1) is 12.6 Å². The van der Waals surface area contributed by atoms with E-state index in [1.807, 2.05) is 20.8 Å². The minimum atomic E-state index is -0.623. The third kappa shape index (κ3) is 1.69. The molecule has 0 spiro atoms. The molecule has 0 aromatic carbocycles. The molecule has 1 atom stereocenters. The summed E-state index contributed by atoms with van der Waals surface area (Å²) in [7, 11) is 0. The van der Waals surface area contributed by atoms with Gasteiger partial charge in [0.1, 0.15) is 5.72 Å². The molecule has 1 unspecified atom stereocenters. The highest BCUT2D eigenvalue weighted by molar-refractivity contribution is 6.35. The quantitative estimate of drug-likeness (QED) is 0.352. The summed E-state index contributed by atoms with van der Waals surface area (Å²) in [4.78, 5) is 16.2. The highest BCUT2D eigenvalue weighted by Gasteiger charge is 2.44. The number of carbonyl (C=O) groups excluding carboxylic acids is 1. The number of amides is 1. The molecule has 1 heterocycles. The van der Waals surface area contributed by atoms with Crippen molar-refractivity contribution >= 4 is 11.6 Å². The molecule has 0 aliphatic carbocycles. The number of hydrogen-bond donors (Lipinski definition) is 0. The molecule has 0 aromatic heterocycles. The third-order valence-corrected chi connectivity index (χ3v) is 2.38. The van der Waals surface area contributed by atoms with Crippen LogP contribution in [0.2, 0.25) is 0 Å². The molecule has 1 aliphatic rings. The third-order valence-electron chi connectivity index (χ3n) is 2.38. The Morgan fingerprint density at radius 3 is 2.57 bits per heavy atom. The van der Waals surface area contributed by atoms with Crippen molar-refractivity contribution in [3.63, 3.8) is 0 Å². The van der Waals surface area contributed by atoms with E-state index in [2.05, 4.69) is 4.79 Å². The number of ether oxygens (including phenoxy) is 1. The fourth-order valence-corrected chi connectivity index (χ4v) is 1.66. The van der Waals surface area contributed by atoms with Crippen LogP contribution >= 0.6 is 0 Å². The zero-order chi connectivity index (χ0) is 10.9. The summed E-state index contributed by atoms with van der Waals surface area (Å²) in [6, 6.07) is 0.00852. The van der Waals surface area contributed by atoms with E-state index >= 15 is 0 Å². The van der Waals surface area contributed by atoms with E-state index in [4.69, 9.17) is 10.3 Å². The number of rotatable bonds is 1. The molecule has 5 heteroatoms. The van der Waals surface area contributed by atoms with Crippen LogP contribution < -0.4 is 0 Å². The monoisotopic (exact) mass is 197 g/mol. The first kappa shape index (κ1) is 10.9. The van der Waals surface area contributed by atoms with E-state index in [0.29, 0.717) is 6.61 Å². The standard InChI is InChI=1S/C9H15N3O2/c1-6-5-14-9(3,4)12(6)8(13)7(2)11-10/h6H,5H2,1-4H3. The van der Waals surface area contributed by atoms with Gasteiger partial charge in [0.2, 0.25) is 0 Å². The number of nitrogens with zero attached hydrogens (tertiary/aromatic N) is 3. The van der Waals surface area contributed by atoms with Gasteiger partial charge in [0.15, 0.2) is 0 Å². The second kappa shape index (κ2) is 3.52. The van der Waals surface area contributed by atoms with Crippen LogP contribution in [0.5, 0.6) is 0 Å². The smallest absolute Gasteiger partial charge is 0.353 e. The maximum atomic E-state index is 11.8. The van der Waals surface area contributed by atoms with Crippen LogP contribution in [0.15, 0.2) is 0 Å². The summed E-state index contributed by atoms with van der Waals surface area (Å²) in [6.07, 6.45) is 0. The van der Waals surface area contributed by atoms with Gasteiger partial charge in [-0.15, -0.1) is 0 Å². The molecule has 1 amide bonds. The van der Waals surface area contributed by atoms with Crippen molar-refractivity contribution in [1.82, 2.24) is 4.90 Å². The molecule has 0 bridgehead atoms. The van der Waals surface area contributed by atoms with Crippen LogP contribution in [0.25, 0.3) is 5.53 Å². The van der Waals surface area contributed by atoms with E-state index in [0.717, 1.165) is 0 Å². The molecule has 0 N–H and O–H groups in total. The molecule has 1 rings (SSSR count). The highest BCUT2D eigenvalue weighted by Crippen LogP contribution is 2.26. The van der Waals surface area contributed by atoms with Crippen LogP contribution in [0.3, 0.4) is 0 Å². The van der Waals surface area contributed by atoms with Crippen molar-refractivity contribution in [2.24, 2.45) is 0 Å². The van der Waals surface area contributed by atoms with E-state index in [1.54, 1.807) is 4.90 Å². The Balaban J connectivity index is 2.96. The van der Waals surface area contributed by atoms with Gasteiger partial charge in [0, 0.05) is 6.92 Å². The van der Waals surface area contributed by atoms with Gasteiger partial charge in [-0.2, -0.15) is 4.79 Å². The van der Waals surface area contributed by atoms with Crippen molar-refractivity contribution in [1.29, 1.82) is 0 Å². The number of hydrogen-bond acceptors (Lipinski definition) is 2. The van der Waals surface area contributed by atoms with Crippen LogP contribution in [0.4, 0.5) is 0 Å². The van der Waals surface area contributed by atoms with E-state index in [9.17, 15) is 4.79 Å². The van der Waals surface area contributed by atoms with Gasteiger partial charge in [-0.05, 0) is 20.8 Å². The average molecular weight is 197 g/mol. The van der Waals surface area contributed by atoms with Crippen LogP contribution in [0, 0.1) is 0 Å².